The van der Waals surface area contributed by atoms with Crippen LogP contribution in [0.5, 0.6) is 0 Å². The van der Waals surface area contributed by atoms with Gasteiger partial charge < -0.3 is 4.74 Å². The fourth-order valence-corrected chi connectivity index (χ4v) is 3.77. The molecule has 1 aromatic heterocycles. The van der Waals surface area contributed by atoms with Gasteiger partial charge in [0, 0.05) is 37.3 Å². The van der Waals surface area contributed by atoms with Crippen LogP contribution in [0.1, 0.15) is 39.8 Å². The minimum Gasteiger partial charge on any atom is -0.461 e. The Morgan fingerprint density at radius 3 is 2.29 bits per heavy atom. The van der Waals surface area contributed by atoms with Crippen LogP contribution in [0.15, 0.2) is 60.7 Å². The SMILES string of the molecule is CCOC(=O)c1nn(Cc2ccccc2)c2c1CN(Cc1ccccc1)CC2. The van der Waals surface area contributed by atoms with Gasteiger partial charge in [0.25, 0.3) is 0 Å². The van der Waals surface area contributed by atoms with E-state index in [1.807, 2.05) is 35.9 Å². The number of rotatable bonds is 6. The molecule has 2 aromatic carbocycles. The molecular weight excluding hydrogens is 350 g/mol. The normalized spacial score (nSPS) is 13.9. The average Bonchev–Trinajstić information content (AvgIpc) is 3.07. The van der Waals surface area contributed by atoms with E-state index in [1.54, 1.807) is 0 Å². The minimum absolute atomic E-state index is 0.327. The van der Waals surface area contributed by atoms with Gasteiger partial charge in [0.05, 0.1) is 13.2 Å². The largest absolute Gasteiger partial charge is 0.461 e. The summed E-state index contributed by atoms with van der Waals surface area (Å²) in [5.41, 5.74) is 5.08. The first-order valence-corrected chi connectivity index (χ1v) is 9.80. The quantitative estimate of drug-likeness (QED) is 0.617. The van der Waals surface area contributed by atoms with Crippen molar-refractivity contribution in [1.29, 1.82) is 0 Å². The molecule has 0 spiro atoms. The fraction of sp³-hybridized carbons (Fsp3) is 0.304. The van der Waals surface area contributed by atoms with Crippen LogP contribution in [0.4, 0.5) is 0 Å². The second kappa shape index (κ2) is 8.40. The van der Waals surface area contributed by atoms with Crippen molar-refractivity contribution in [2.45, 2.75) is 33.0 Å². The topological polar surface area (TPSA) is 47.4 Å². The number of fused-ring (bicyclic) bond motifs is 1. The zero-order valence-electron chi connectivity index (χ0n) is 16.2. The smallest absolute Gasteiger partial charge is 0.359 e. The molecule has 0 fully saturated rings. The van der Waals surface area contributed by atoms with Gasteiger partial charge in [0.15, 0.2) is 5.69 Å². The van der Waals surface area contributed by atoms with Gasteiger partial charge in [-0.2, -0.15) is 5.10 Å². The highest BCUT2D eigenvalue weighted by Gasteiger charge is 2.28. The van der Waals surface area contributed by atoms with Gasteiger partial charge in [-0.3, -0.25) is 9.58 Å². The maximum atomic E-state index is 12.5. The lowest BCUT2D eigenvalue weighted by Gasteiger charge is -2.27. The van der Waals surface area contributed by atoms with Gasteiger partial charge >= 0.3 is 5.97 Å². The summed E-state index contributed by atoms with van der Waals surface area (Å²) >= 11 is 0. The minimum atomic E-state index is -0.327. The molecule has 4 rings (SSSR count). The van der Waals surface area contributed by atoms with Crippen molar-refractivity contribution in [1.82, 2.24) is 14.7 Å². The van der Waals surface area contributed by atoms with E-state index in [1.165, 1.54) is 11.1 Å². The van der Waals surface area contributed by atoms with Gasteiger partial charge in [0.2, 0.25) is 0 Å². The number of benzene rings is 2. The molecule has 0 N–H and O–H groups in total. The molecule has 3 aromatic rings. The Balaban J connectivity index is 1.61. The number of carbonyl (C=O) groups is 1. The first kappa shape index (κ1) is 18.4. The van der Waals surface area contributed by atoms with E-state index >= 15 is 0 Å². The number of esters is 1. The number of carbonyl (C=O) groups excluding carboxylic acids is 1. The Kier molecular flexibility index (Phi) is 5.53. The zero-order chi connectivity index (χ0) is 19.3. The summed E-state index contributed by atoms with van der Waals surface area (Å²) in [6, 6.07) is 20.7. The number of ether oxygens (including phenoxy) is 1. The third-order valence-electron chi connectivity index (χ3n) is 5.11. The van der Waals surface area contributed by atoms with Crippen molar-refractivity contribution in [2.75, 3.05) is 13.2 Å². The lowest BCUT2D eigenvalue weighted by molar-refractivity contribution is 0.0515. The number of hydrogen-bond acceptors (Lipinski definition) is 4. The highest BCUT2D eigenvalue weighted by molar-refractivity contribution is 5.89. The molecule has 0 saturated heterocycles. The van der Waals surface area contributed by atoms with E-state index in [-0.39, 0.29) is 5.97 Å². The monoisotopic (exact) mass is 375 g/mol. The van der Waals surface area contributed by atoms with Gasteiger partial charge in [0.1, 0.15) is 0 Å². The van der Waals surface area contributed by atoms with E-state index in [0.29, 0.717) is 25.4 Å². The summed E-state index contributed by atoms with van der Waals surface area (Å²) in [5, 5.41) is 4.66. The molecular formula is C23H25N3O2. The summed E-state index contributed by atoms with van der Waals surface area (Å²) in [7, 11) is 0. The summed E-state index contributed by atoms with van der Waals surface area (Å²) in [6.45, 7) is 5.38. The third-order valence-corrected chi connectivity index (χ3v) is 5.11. The lowest BCUT2D eigenvalue weighted by Crippen LogP contribution is -2.31. The number of nitrogens with zero attached hydrogens (tertiary/aromatic N) is 3. The zero-order valence-corrected chi connectivity index (χ0v) is 16.2. The first-order valence-electron chi connectivity index (χ1n) is 9.80. The molecule has 5 nitrogen and oxygen atoms in total. The van der Waals surface area contributed by atoms with Crippen molar-refractivity contribution in [2.24, 2.45) is 0 Å². The van der Waals surface area contributed by atoms with Crippen molar-refractivity contribution < 1.29 is 9.53 Å². The van der Waals surface area contributed by atoms with Crippen LogP contribution in [-0.2, 0) is 30.8 Å². The molecule has 1 aliphatic rings. The Morgan fingerprint density at radius 2 is 1.64 bits per heavy atom. The van der Waals surface area contributed by atoms with Crippen LogP contribution in [0, 0.1) is 0 Å². The number of aromatic nitrogens is 2. The third kappa shape index (κ3) is 3.99. The second-order valence-electron chi connectivity index (χ2n) is 7.08. The molecule has 0 saturated carbocycles. The van der Waals surface area contributed by atoms with Crippen molar-refractivity contribution in [3.8, 4) is 0 Å². The van der Waals surface area contributed by atoms with Crippen molar-refractivity contribution in [3.05, 3.63) is 88.7 Å². The standard InChI is InChI=1S/C23H25N3O2/c1-2-28-23(27)22-20-17-25(15-18-9-5-3-6-10-18)14-13-21(20)26(24-22)16-19-11-7-4-8-12-19/h3-12H,2,13-17H2,1H3. The summed E-state index contributed by atoms with van der Waals surface area (Å²) in [4.78, 5) is 14.9. The molecule has 2 heterocycles. The van der Waals surface area contributed by atoms with Gasteiger partial charge in [-0.25, -0.2) is 4.79 Å². The fourth-order valence-electron chi connectivity index (χ4n) is 3.77. The molecule has 0 unspecified atom stereocenters. The first-order chi connectivity index (χ1) is 13.7. The highest BCUT2D eigenvalue weighted by atomic mass is 16.5. The predicted molar refractivity (Wildman–Crippen MR) is 108 cm³/mol. The van der Waals surface area contributed by atoms with Crippen LogP contribution >= 0.6 is 0 Å². The van der Waals surface area contributed by atoms with Crippen LogP contribution in [0.3, 0.4) is 0 Å². The van der Waals surface area contributed by atoms with Gasteiger partial charge in [-0.15, -0.1) is 0 Å². The summed E-state index contributed by atoms with van der Waals surface area (Å²) < 4.78 is 7.26. The van der Waals surface area contributed by atoms with E-state index in [9.17, 15) is 4.79 Å². The summed E-state index contributed by atoms with van der Waals surface area (Å²) in [6.07, 6.45) is 0.876. The van der Waals surface area contributed by atoms with Gasteiger partial charge in [-0.05, 0) is 18.1 Å². The van der Waals surface area contributed by atoms with E-state index in [4.69, 9.17) is 4.74 Å². The lowest BCUT2D eigenvalue weighted by atomic mass is 10.0. The Morgan fingerprint density at radius 1 is 1.00 bits per heavy atom. The number of hydrogen-bond donors (Lipinski definition) is 0. The average molecular weight is 375 g/mol. The Labute approximate surface area is 165 Å². The molecule has 1 aliphatic heterocycles. The molecule has 28 heavy (non-hydrogen) atoms. The molecule has 5 heteroatoms. The summed E-state index contributed by atoms with van der Waals surface area (Å²) in [5.74, 6) is -0.327. The maximum absolute atomic E-state index is 12.5. The van der Waals surface area contributed by atoms with Crippen molar-refractivity contribution >= 4 is 5.97 Å². The molecule has 0 amide bonds. The van der Waals surface area contributed by atoms with E-state index in [0.717, 1.165) is 30.8 Å². The highest BCUT2D eigenvalue weighted by Crippen LogP contribution is 2.25. The molecule has 0 bridgehead atoms. The predicted octanol–water partition coefficient (Wildman–Crippen LogP) is 3.67. The van der Waals surface area contributed by atoms with E-state index < -0.39 is 0 Å². The van der Waals surface area contributed by atoms with Crippen LogP contribution < -0.4 is 0 Å². The molecule has 0 radical (unpaired) electrons. The van der Waals surface area contributed by atoms with Crippen LogP contribution in [-0.4, -0.2) is 33.8 Å². The molecule has 144 valence electrons. The second-order valence-corrected chi connectivity index (χ2v) is 7.08. The maximum Gasteiger partial charge on any atom is 0.359 e. The van der Waals surface area contributed by atoms with Crippen LogP contribution in [0.2, 0.25) is 0 Å². The van der Waals surface area contributed by atoms with Crippen molar-refractivity contribution in [3.63, 3.8) is 0 Å². The van der Waals surface area contributed by atoms with Gasteiger partial charge in [-0.1, -0.05) is 60.7 Å². The molecule has 0 atom stereocenters. The Hall–Kier alpha value is -2.92. The van der Waals surface area contributed by atoms with Crippen LogP contribution in [0.25, 0.3) is 0 Å². The molecule has 0 aliphatic carbocycles. The van der Waals surface area contributed by atoms with E-state index in [2.05, 4.69) is 46.4 Å². The Bertz CT molecular complexity index is 935.